The van der Waals surface area contributed by atoms with Crippen molar-refractivity contribution in [2.75, 3.05) is 0 Å². The van der Waals surface area contributed by atoms with Gasteiger partial charge in [-0.25, -0.2) is 9.97 Å². The Morgan fingerprint density at radius 1 is 1.32 bits per heavy atom. The lowest BCUT2D eigenvalue weighted by molar-refractivity contribution is -0.121. The number of benzene rings is 1. The van der Waals surface area contributed by atoms with Crippen molar-refractivity contribution in [3.63, 3.8) is 0 Å². The first-order chi connectivity index (χ1) is 12.1. The van der Waals surface area contributed by atoms with Gasteiger partial charge in [-0.15, -0.1) is 0 Å². The number of rotatable bonds is 4. The molecular formula is C16H15N7O2. The highest BCUT2D eigenvalue weighted by Gasteiger charge is 2.11. The van der Waals surface area contributed by atoms with Crippen LogP contribution >= 0.6 is 0 Å². The summed E-state index contributed by atoms with van der Waals surface area (Å²) in [7, 11) is 1.71. The number of nitrogens with zero attached hydrogens (tertiary/aromatic N) is 5. The first-order valence-corrected chi connectivity index (χ1v) is 7.69. The summed E-state index contributed by atoms with van der Waals surface area (Å²) >= 11 is 0. The van der Waals surface area contributed by atoms with Gasteiger partial charge in [0.1, 0.15) is 24.1 Å². The summed E-state index contributed by atoms with van der Waals surface area (Å²) in [6, 6.07) is 7.63. The number of imidazole rings is 1. The predicted molar refractivity (Wildman–Crippen MR) is 90.7 cm³/mol. The summed E-state index contributed by atoms with van der Waals surface area (Å²) < 4.78 is 2.78. The Morgan fingerprint density at radius 3 is 3.00 bits per heavy atom. The molecule has 9 heteroatoms. The van der Waals surface area contributed by atoms with Crippen LogP contribution in [-0.4, -0.2) is 35.2 Å². The molecule has 0 saturated heterocycles. The number of hydrogen-bond donors (Lipinski definition) is 2. The quantitative estimate of drug-likeness (QED) is 0.557. The summed E-state index contributed by atoms with van der Waals surface area (Å²) in [5.74, 6) is 0.357. The second-order valence-corrected chi connectivity index (χ2v) is 5.66. The van der Waals surface area contributed by atoms with E-state index < -0.39 is 0 Å². The smallest absolute Gasteiger partial charge is 0.264 e. The molecule has 9 nitrogen and oxygen atoms in total. The van der Waals surface area contributed by atoms with Gasteiger partial charge in [-0.05, 0) is 12.1 Å². The molecule has 0 aliphatic rings. The predicted octanol–water partition coefficient (Wildman–Crippen LogP) is 0.323. The van der Waals surface area contributed by atoms with E-state index in [1.165, 1.54) is 21.8 Å². The van der Waals surface area contributed by atoms with Crippen molar-refractivity contribution in [2.45, 2.75) is 13.1 Å². The molecule has 0 spiro atoms. The number of aromatic nitrogens is 6. The molecule has 0 atom stereocenters. The fourth-order valence-corrected chi connectivity index (χ4v) is 2.66. The Balaban J connectivity index is 1.47. The van der Waals surface area contributed by atoms with E-state index in [0.29, 0.717) is 16.9 Å². The highest BCUT2D eigenvalue weighted by Crippen LogP contribution is 2.09. The van der Waals surface area contributed by atoms with Gasteiger partial charge in [0, 0.05) is 7.05 Å². The van der Waals surface area contributed by atoms with E-state index >= 15 is 0 Å². The number of H-pyrrole nitrogens is 1. The fraction of sp³-hybridized carbons (Fsp3) is 0.188. The third-order valence-electron chi connectivity index (χ3n) is 3.92. The summed E-state index contributed by atoms with van der Waals surface area (Å²) in [6.45, 7) is 0.141. The minimum absolute atomic E-state index is 0.114. The van der Waals surface area contributed by atoms with Crippen molar-refractivity contribution < 1.29 is 4.79 Å². The molecule has 4 rings (SSSR count). The summed E-state index contributed by atoms with van der Waals surface area (Å²) in [6.07, 6.45) is 2.81. The molecule has 3 heterocycles. The molecule has 0 fully saturated rings. The first-order valence-electron chi connectivity index (χ1n) is 7.69. The number of hydrogen-bond acceptors (Lipinski definition) is 5. The largest absolute Gasteiger partial charge is 0.347 e. The van der Waals surface area contributed by atoms with E-state index in [-0.39, 0.29) is 24.6 Å². The zero-order valence-electron chi connectivity index (χ0n) is 13.4. The molecule has 126 valence electrons. The van der Waals surface area contributed by atoms with Crippen LogP contribution in [0.3, 0.4) is 0 Å². The van der Waals surface area contributed by atoms with Crippen LogP contribution in [0.2, 0.25) is 0 Å². The topological polar surface area (TPSA) is 110 Å². The second-order valence-electron chi connectivity index (χ2n) is 5.66. The van der Waals surface area contributed by atoms with Crippen LogP contribution in [0.15, 0.2) is 41.6 Å². The lowest BCUT2D eigenvalue weighted by Gasteiger charge is -2.06. The Hall–Kier alpha value is -3.49. The maximum Gasteiger partial charge on any atom is 0.264 e. The van der Waals surface area contributed by atoms with E-state index in [4.69, 9.17) is 0 Å². The number of para-hydroxylation sites is 2. The molecule has 0 aliphatic heterocycles. The van der Waals surface area contributed by atoms with Crippen LogP contribution in [0.5, 0.6) is 0 Å². The molecule has 3 aromatic heterocycles. The molecule has 25 heavy (non-hydrogen) atoms. The Labute approximate surface area is 141 Å². The summed E-state index contributed by atoms with van der Waals surface area (Å²) in [5.41, 5.74) is 1.95. The van der Waals surface area contributed by atoms with Crippen LogP contribution < -0.4 is 10.9 Å². The first kappa shape index (κ1) is 15.1. The molecule has 1 amide bonds. The number of fused-ring (bicyclic) bond motifs is 2. The van der Waals surface area contributed by atoms with Crippen molar-refractivity contribution in [2.24, 2.45) is 7.05 Å². The van der Waals surface area contributed by atoms with E-state index in [2.05, 4.69) is 25.4 Å². The Morgan fingerprint density at radius 2 is 2.16 bits per heavy atom. The van der Waals surface area contributed by atoms with Crippen molar-refractivity contribution in [1.29, 1.82) is 0 Å². The monoisotopic (exact) mass is 337 g/mol. The Kier molecular flexibility index (Phi) is 3.53. The normalized spacial score (nSPS) is 11.2. The minimum Gasteiger partial charge on any atom is -0.347 e. The molecule has 0 unspecified atom stereocenters. The minimum atomic E-state index is -0.299. The van der Waals surface area contributed by atoms with Gasteiger partial charge in [-0.1, -0.05) is 12.1 Å². The molecule has 0 radical (unpaired) electrons. The summed E-state index contributed by atoms with van der Waals surface area (Å²) in [4.78, 5) is 36.2. The van der Waals surface area contributed by atoms with Crippen molar-refractivity contribution in [3.8, 4) is 0 Å². The van der Waals surface area contributed by atoms with Gasteiger partial charge >= 0.3 is 0 Å². The molecule has 2 N–H and O–H groups in total. The third-order valence-corrected chi connectivity index (χ3v) is 3.92. The van der Waals surface area contributed by atoms with Crippen molar-refractivity contribution in [3.05, 3.63) is 53.0 Å². The van der Waals surface area contributed by atoms with Crippen LogP contribution in [0.25, 0.3) is 22.1 Å². The van der Waals surface area contributed by atoms with E-state index in [9.17, 15) is 9.59 Å². The van der Waals surface area contributed by atoms with Crippen LogP contribution in [0, 0.1) is 0 Å². The van der Waals surface area contributed by atoms with Gasteiger partial charge < -0.3 is 10.3 Å². The maximum absolute atomic E-state index is 12.3. The third kappa shape index (κ3) is 2.75. The molecule has 4 aromatic rings. The Bertz CT molecular complexity index is 1110. The van der Waals surface area contributed by atoms with Crippen molar-refractivity contribution >= 4 is 28.0 Å². The average molecular weight is 337 g/mol. The lowest BCUT2D eigenvalue weighted by Crippen LogP contribution is -2.32. The zero-order chi connectivity index (χ0) is 17.4. The number of amides is 1. The maximum atomic E-state index is 12.3. The van der Waals surface area contributed by atoms with Gasteiger partial charge in [-0.2, -0.15) is 5.10 Å². The van der Waals surface area contributed by atoms with E-state index in [1.807, 2.05) is 24.3 Å². The molecular weight excluding hydrogens is 322 g/mol. The number of carbonyl (C=O) groups is 1. The number of nitrogens with one attached hydrogen (secondary N) is 2. The second kappa shape index (κ2) is 5.86. The van der Waals surface area contributed by atoms with Crippen LogP contribution in [0.4, 0.5) is 0 Å². The van der Waals surface area contributed by atoms with Gasteiger partial charge in [0.25, 0.3) is 5.56 Å². The number of carbonyl (C=O) groups excluding carboxylic acids is 1. The lowest BCUT2D eigenvalue weighted by atomic mass is 10.3. The molecule has 1 aromatic carbocycles. The van der Waals surface area contributed by atoms with Gasteiger partial charge in [0.15, 0.2) is 5.65 Å². The standard InChI is InChI=1S/C16H15N7O2/c1-22-15-10(6-19-22)16(25)23(9-18-15)8-14(24)17-7-13-20-11-4-2-3-5-12(11)21-13/h2-6,9H,7-8H2,1H3,(H,17,24)(H,20,21). The van der Waals surface area contributed by atoms with Gasteiger partial charge in [0.05, 0.1) is 23.8 Å². The van der Waals surface area contributed by atoms with Crippen LogP contribution in [0.1, 0.15) is 5.82 Å². The highest BCUT2D eigenvalue weighted by molar-refractivity contribution is 5.77. The molecule has 0 bridgehead atoms. The number of aromatic amines is 1. The van der Waals surface area contributed by atoms with Crippen molar-refractivity contribution in [1.82, 2.24) is 34.6 Å². The van der Waals surface area contributed by atoms with Crippen LogP contribution in [-0.2, 0) is 24.9 Å². The van der Waals surface area contributed by atoms with E-state index in [0.717, 1.165) is 11.0 Å². The van der Waals surface area contributed by atoms with Gasteiger partial charge in [0.2, 0.25) is 5.91 Å². The molecule has 0 aliphatic carbocycles. The average Bonchev–Trinajstić information content (AvgIpc) is 3.19. The highest BCUT2D eigenvalue weighted by atomic mass is 16.2. The summed E-state index contributed by atoms with van der Waals surface area (Å²) in [5, 5.41) is 7.13. The zero-order valence-corrected chi connectivity index (χ0v) is 13.4. The van der Waals surface area contributed by atoms with Gasteiger partial charge in [-0.3, -0.25) is 18.8 Å². The molecule has 0 saturated carbocycles. The van der Waals surface area contributed by atoms with E-state index in [1.54, 1.807) is 7.05 Å². The number of aryl methyl sites for hydroxylation is 1. The fourth-order valence-electron chi connectivity index (χ4n) is 2.66. The SMILES string of the molecule is Cn1ncc2c(=O)n(CC(=O)NCc3nc4ccccc4[nH]3)cnc21.